The van der Waals surface area contributed by atoms with Gasteiger partial charge in [0.15, 0.2) is 0 Å². The van der Waals surface area contributed by atoms with Crippen molar-refractivity contribution >= 4 is 21.8 Å². The van der Waals surface area contributed by atoms with E-state index in [4.69, 9.17) is 0 Å². The molecule has 0 aromatic heterocycles. The SMILES string of the molecule is CCCNCCS(=O)(=O)NCCCCCCSC. The maximum Gasteiger partial charge on any atom is 0.212 e. The van der Waals surface area contributed by atoms with Crippen LogP contribution in [0, 0.1) is 0 Å². The van der Waals surface area contributed by atoms with Crippen LogP contribution in [0.4, 0.5) is 0 Å². The second kappa shape index (κ2) is 12.3. The smallest absolute Gasteiger partial charge is 0.212 e. The summed E-state index contributed by atoms with van der Waals surface area (Å²) < 4.78 is 25.8. The van der Waals surface area contributed by atoms with E-state index >= 15 is 0 Å². The summed E-state index contributed by atoms with van der Waals surface area (Å²) >= 11 is 1.86. The molecule has 0 aliphatic heterocycles. The highest BCUT2D eigenvalue weighted by Crippen LogP contribution is 2.04. The van der Waals surface area contributed by atoms with Gasteiger partial charge in [-0.15, -0.1) is 0 Å². The van der Waals surface area contributed by atoms with Gasteiger partial charge in [-0.2, -0.15) is 11.8 Å². The molecule has 0 fully saturated rings. The first-order valence-corrected chi connectivity index (χ1v) is 9.84. The number of hydrogen-bond donors (Lipinski definition) is 2. The molecular formula is C12H28N2O2S2. The van der Waals surface area contributed by atoms with E-state index in [1.54, 1.807) is 0 Å². The molecule has 0 aromatic carbocycles. The molecule has 0 radical (unpaired) electrons. The third-order valence-corrected chi connectivity index (χ3v) is 4.65. The Hall–Kier alpha value is 0.220. The molecule has 0 aliphatic rings. The van der Waals surface area contributed by atoms with Crippen LogP contribution in [-0.4, -0.2) is 45.8 Å². The lowest BCUT2D eigenvalue weighted by Crippen LogP contribution is -2.32. The molecule has 0 saturated heterocycles. The van der Waals surface area contributed by atoms with Gasteiger partial charge in [0.05, 0.1) is 5.75 Å². The minimum Gasteiger partial charge on any atom is -0.316 e. The first kappa shape index (κ1) is 18.2. The van der Waals surface area contributed by atoms with Crippen LogP contribution in [0.3, 0.4) is 0 Å². The first-order chi connectivity index (χ1) is 8.62. The van der Waals surface area contributed by atoms with Crippen molar-refractivity contribution < 1.29 is 8.42 Å². The predicted molar refractivity (Wildman–Crippen MR) is 81.8 cm³/mol. The van der Waals surface area contributed by atoms with E-state index in [0.29, 0.717) is 13.1 Å². The number of thioether (sulfide) groups is 1. The average Bonchev–Trinajstić information content (AvgIpc) is 2.34. The number of unbranched alkanes of at least 4 members (excludes halogenated alkanes) is 3. The van der Waals surface area contributed by atoms with E-state index < -0.39 is 10.0 Å². The van der Waals surface area contributed by atoms with E-state index in [9.17, 15) is 8.42 Å². The van der Waals surface area contributed by atoms with Crippen molar-refractivity contribution in [2.75, 3.05) is 37.4 Å². The van der Waals surface area contributed by atoms with E-state index in [2.05, 4.69) is 23.2 Å². The van der Waals surface area contributed by atoms with Crippen molar-refractivity contribution in [3.63, 3.8) is 0 Å². The van der Waals surface area contributed by atoms with E-state index in [1.807, 2.05) is 11.8 Å². The normalized spacial score (nSPS) is 11.9. The second-order valence-electron chi connectivity index (χ2n) is 4.37. The van der Waals surface area contributed by atoms with E-state index in [1.165, 1.54) is 18.6 Å². The Balaban J connectivity index is 3.41. The molecule has 0 heterocycles. The van der Waals surface area contributed by atoms with Gasteiger partial charge in [-0.25, -0.2) is 13.1 Å². The minimum atomic E-state index is -3.08. The predicted octanol–water partition coefficient (Wildman–Crippen LogP) is 1.83. The second-order valence-corrected chi connectivity index (χ2v) is 7.28. The maximum atomic E-state index is 11.6. The molecule has 110 valence electrons. The van der Waals surface area contributed by atoms with Gasteiger partial charge in [-0.05, 0) is 37.8 Å². The van der Waals surface area contributed by atoms with E-state index in [0.717, 1.165) is 25.8 Å². The molecule has 0 rings (SSSR count). The molecule has 2 N–H and O–H groups in total. The molecule has 0 aromatic rings. The van der Waals surface area contributed by atoms with Crippen LogP contribution in [-0.2, 0) is 10.0 Å². The van der Waals surface area contributed by atoms with Gasteiger partial charge in [-0.1, -0.05) is 19.8 Å². The summed E-state index contributed by atoms with van der Waals surface area (Å²) in [6.45, 7) is 4.06. The van der Waals surface area contributed by atoms with Gasteiger partial charge in [-0.3, -0.25) is 0 Å². The molecule has 0 saturated carbocycles. The monoisotopic (exact) mass is 296 g/mol. The topological polar surface area (TPSA) is 58.2 Å². The zero-order valence-electron chi connectivity index (χ0n) is 11.7. The maximum absolute atomic E-state index is 11.6. The van der Waals surface area contributed by atoms with Crippen molar-refractivity contribution in [2.45, 2.75) is 39.0 Å². The molecule has 4 nitrogen and oxygen atoms in total. The third kappa shape index (κ3) is 12.7. The Kier molecular flexibility index (Phi) is 12.4. The highest BCUT2D eigenvalue weighted by atomic mass is 32.2. The average molecular weight is 297 g/mol. The Morgan fingerprint density at radius 1 is 1.00 bits per heavy atom. The van der Waals surface area contributed by atoms with E-state index in [-0.39, 0.29) is 5.75 Å². The Labute approximate surface area is 117 Å². The number of rotatable bonds is 13. The molecular weight excluding hydrogens is 268 g/mol. The molecule has 0 bridgehead atoms. The number of hydrogen-bond acceptors (Lipinski definition) is 4. The molecule has 6 heteroatoms. The summed E-state index contributed by atoms with van der Waals surface area (Å²) in [5, 5.41) is 3.09. The fourth-order valence-electron chi connectivity index (χ4n) is 1.53. The van der Waals surface area contributed by atoms with Crippen molar-refractivity contribution in [1.29, 1.82) is 0 Å². The Morgan fingerprint density at radius 3 is 2.39 bits per heavy atom. The Morgan fingerprint density at radius 2 is 1.72 bits per heavy atom. The lowest BCUT2D eigenvalue weighted by molar-refractivity contribution is 0.569. The van der Waals surface area contributed by atoms with Gasteiger partial charge < -0.3 is 5.32 Å². The summed E-state index contributed by atoms with van der Waals surface area (Å²) in [6, 6.07) is 0. The zero-order valence-corrected chi connectivity index (χ0v) is 13.3. The van der Waals surface area contributed by atoms with Crippen molar-refractivity contribution in [3.8, 4) is 0 Å². The number of nitrogens with one attached hydrogen (secondary N) is 2. The van der Waals surface area contributed by atoms with Gasteiger partial charge in [0.2, 0.25) is 10.0 Å². The van der Waals surface area contributed by atoms with Crippen LogP contribution in [0.15, 0.2) is 0 Å². The van der Waals surface area contributed by atoms with Gasteiger partial charge >= 0.3 is 0 Å². The first-order valence-electron chi connectivity index (χ1n) is 6.79. The van der Waals surface area contributed by atoms with Gasteiger partial charge in [0, 0.05) is 13.1 Å². The standard InChI is InChI=1S/C12H28N2O2S2/c1-3-8-13-10-12-18(15,16)14-9-6-4-5-7-11-17-2/h13-14H,3-12H2,1-2H3. The summed E-state index contributed by atoms with van der Waals surface area (Å²) in [6.07, 6.45) is 7.62. The highest BCUT2D eigenvalue weighted by molar-refractivity contribution is 7.98. The molecule has 0 amide bonds. The molecule has 18 heavy (non-hydrogen) atoms. The van der Waals surface area contributed by atoms with Crippen molar-refractivity contribution in [1.82, 2.24) is 10.0 Å². The Bertz CT molecular complexity index is 269. The minimum absolute atomic E-state index is 0.180. The third-order valence-electron chi connectivity index (χ3n) is 2.57. The molecule has 0 spiro atoms. The van der Waals surface area contributed by atoms with Crippen molar-refractivity contribution in [2.24, 2.45) is 0 Å². The summed E-state index contributed by atoms with van der Waals surface area (Å²) in [7, 11) is -3.08. The van der Waals surface area contributed by atoms with Gasteiger partial charge in [0.1, 0.15) is 0 Å². The van der Waals surface area contributed by atoms with Crippen LogP contribution in [0.25, 0.3) is 0 Å². The number of sulfonamides is 1. The lowest BCUT2D eigenvalue weighted by atomic mass is 10.2. The van der Waals surface area contributed by atoms with Crippen LogP contribution < -0.4 is 10.0 Å². The molecule has 0 aliphatic carbocycles. The fourth-order valence-corrected chi connectivity index (χ4v) is 3.04. The quantitative estimate of drug-likeness (QED) is 0.509. The summed E-state index contributed by atoms with van der Waals surface area (Å²) in [5.74, 6) is 1.38. The van der Waals surface area contributed by atoms with Gasteiger partial charge in [0.25, 0.3) is 0 Å². The summed E-state index contributed by atoms with van der Waals surface area (Å²) in [4.78, 5) is 0. The van der Waals surface area contributed by atoms with Crippen LogP contribution in [0.2, 0.25) is 0 Å². The van der Waals surface area contributed by atoms with Crippen LogP contribution in [0.5, 0.6) is 0 Å². The van der Waals surface area contributed by atoms with Crippen molar-refractivity contribution in [3.05, 3.63) is 0 Å². The van der Waals surface area contributed by atoms with Crippen LogP contribution in [0.1, 0.15) is 39.0 Å². The molecule has 0 atom stereocenters. The van der Waals surface area contributed by atoms with Crippen LogP contribution >= 0.6 is 11.8 Å². The summed E-state index contributed by atoms with van der Waals surface area (Å²) in [5.41, 5.74) is 0. The lowest BCUT2D eigenvalue weighted by Gasteiger charge is -2.07. The molecule has 0 unspecified atom stereocenters. The zero-order chi connectivity index (χ0) is 13.7. The fraction of sp³-hybridized carbons (Fsp3) is 1.00. The highest BCUT2D eigenvalue weighted by Gasteiger charge is 2.07. The largest absolute Gasteiger partial charge is 0.316 e.